The lowest BCUT2D eigenvalue weighted by Crippen LogP contribution is -2.42. The number of benzene rings is 2. The highest BCUT2D eigenvalue weighted by Gasteiger charge is 2.34. The number of alkyl halides is 3. The van der Waals surface area contributed by atoms with Gasteiger partial charge in [0.05, 0.1) is 24.0 Å². The molecule has 0 saturated carbocycles. The van der Waals surface area contributed by atoms with Crippen LogP contribution in [-0.4, -0.2) is 49.4 Å². The molecule has 4 atom stereocenters. The highest BCUT2D eigenvalue weighted by atomic mass is 19.4. The molecular formula is C33H46F5N3O5. The van der Waals surface area contributed by atoms with Crippen LogP contribution < -0.4 is 21.1 Å². The summed E-state index contributed by atoms with van der Waals surface area (Å²) in [5, 5.41) is 16.3. The Kier molecular flexibility index (Phi) is 15.3. The molecule has 5 N–H and O–H groups in total. The van der Waals surface area contributed by atoms with Crippen molar-refractivity contribution in [3.05, 3.63) is 59.2 Å². The van der Waals surface area contributed by atoms with Crippen LogP contribution >= 0.6 is 0 Å². The molecule has 0 aliphatic rings. The molecule has 0 unspecified atom stereocenters. The number of nitrogens with two attached hydrogens (primary N) is 1. The normalized spacial score (nSPS) is 14.6. The van der Waals surface area contributed by atoms with Crippen molar-refractivity contribution in [1.82, 2.24) is 5.32 Å². The average molecular weight is 660 g/mol. The molecule has 2 aromatic carbocycles. The predicted octanol–water partition coefficient (Wildman–Crippen LogP) is 6.06. The van der Waals surface area contributed by atoms with Gasteiger partial charge in [0, 0.05) is 51.1 Å². The fourth-order valence-electron chi connectivity index (χ4n) is 4.99. The lowest BCUT2D eigenvalue weighted by atomic mass is 9.82. The highest BCUT2D eigenvalue weighted by molar-refractivity contribution is 5.92. The Labute approximate surface area is 267 Å². The van der Waals surface area contributed by atoms with Crippen LogP contribution in [0.2, 0.25) is 0 Å². The first kappa shape index (κ1) is 38.9. The first-order valence-electron chi connectivity index (χ1n) is 15.3. The Bertz CT molecular complexity index is 1270. The molecule has 8 nitrogen and oxygen atoms in total. The van der Waals surface area contributed by atoms with Crippen LogP contribution in [0.15, 0.2) is 36.4 Å². The maximum Gasteiger partial charge on any atom is 0.419 e. The number of nitrogens with one attached hydrogen (secondary N) is 2. The predicted molar refractivity (Wildman–Crippen MR) is 165 cm³/mol. The quantitative estimate of drug-likeness (QED) is 0.114. The van der Waals surface area contributed by atoms with Gasteiger partial charge in [-0.05, 0) is 60.4 Å². The van der Waals surface area contributed by atoms with Crippen molar-refractivity contribution in [2.75, 3.05) is 25.6 Å². The number of hydrogen-bond donors (Lipinski definition) is 4. The third-order valence-electron chi connectivity index (χ3n) is 7.87. The third kappa shape index (κ3) is 12.5. The number of carbonyl (C=O) groups excluding carboxylic acids is 2. The van der Waals surface area contributed by atoms with Gasteiger partial charge in [0.1, 0.15) is 17.4 Å². The van der Waals surface area contributed by atoms with Gasteiger partial charge in [0.25, 0.3) is 0 Å². The fraction of sp³-hybridized carbons (Fsp3) is 0.576. The summed E-state index contributed by atoms with van der Waals surface area (Å²) >= 11 is 0. The van der Waals surface area contributed by atoms with E-state index in [-0.39, 0.29) is 60.7 Å². The van der Waals surface area contributed by atoms with Crippen LogP contribution in [0.4, 0.5) is 27.6 Å². The van der Waals surface area contributed by atoms with Crippen LogP contribution in [0.25, 0.3) is 0 Å². The van der Waals surface area contributed by atoms with Gasteiger partial charge in [-0.2, -0.15) is 13.2 Å². The van der Waals surface area contributed by atoms with Gasteiger partial charge < -0.3 is 30.9 Å². The topological polar surface area (TPSA) is 123 Å². The van der Waals surface area contributed by atoms with Crippen molar-refractivity contribution in [3.8, 4) is 5.75 Å². The van der Waals surface area contributed by atoms with Gasteiger partial charge in [0.15, 0.2) is 0 Å². The van der Waals surface area contributed by atoms with Gasteiger partial charge in [-0.25, -0.2) is 8.78 Å². The van der Waals surface area contributed by atoms with Crippen molar-refractivity contribution in [1.29, 1.82) is 0 Å². The molecule has 0 aromatic heterocycles. The van der Waals surface area contributed by atoms with Crippen LogP contribution in [0, 0.1) is 35.3 Å². The number of aliphatic hydroxyl groups is 1. The Hall–Kier alpha value is -3.29. The van der Waals surface area contributed by atoms with E-state index in [4.69, 9.17) is 15.2 Å². The SMILES string of the molecule is COCCCOc1ccc(F)cc1NC(=O)C[C@@H](C[C@H](N)[C@@H](O)C[C@H](C(=O)NCc1ccc(F)c(C(F)(F)F)c1)C(C)C)C(C)C. The molecule has 2 aromatic rings. The van der Waals surface area contributed by atoms with E-state index in [1.165, 1.54) is 18.2 Å². The molecule has 2 amide bonds. The second-order valence-corrected chi connectivity index (χ2v) is 12.2. The summed E-state index contributed by atoms with van der Waals surface area (Å²) in [5.74, 6) is -3.76. The summed E-state index contributed by atoms with van der Waals surface area (Å²) in [4.78, 5) is 26.0. The molecule has 0 spiro atoms. The minimum Gasteiger partial charge on any atom is -0.491 e. The van der Waals surface area contributed by atoms with E-state index in [0.717, 1.165) is 6.07 Å². The number of carbonyl (C=O) groups is 2. The van der Waals surface area contributed by atoms with E-state index in [1.807, 2.05) is 13.8 Å². The summed E-state index contributed by atoms with van der Waals surface area (Å²) in [6.07, 6.45) is -5.14. The molecule has 0 bridgehead atoms. The van der Waals surface area contributed by atoms with E-state index in [2.05, 4.69) is 10.6 Å². The molecule has 0 heterocycles. The number of aliphatic hydroxyl groups excluding tert-OH is 1. The zero-order valence-electron chi connectivity index (χ0n) is 26.9. The Morgan fingerprint density at radius 3 is 2.28 bits per heavy atom. The number of anilines is 1. The average Bonchev–Trinajstić information content (AvgIpc) is 2.97. The number of methoxy groups -OCH3 is 1. The van der Waals surface area contributed by atoms with Crippen LogP contribution in [0.3, 0.4) is 0 Å². The van der Waals surface area contributed by atoms with Gasteiger partial charge in [-0.3, -0.25) is 9.59 Å². The van der Waals surface area contributed by atoms with Gasteiger partial charge in [0.2, 0.25) is 11.8 Å². The Morgan fingerprint density at radius 2 is 1.67 bits per heavy atom. The molecular weight excluding hydrogens is 613 g/mol. The molecule has 0 aliphatic carbocycles. The summed E-state index contributed by atoms with van der Waals surface area (Å²) in [6, 6.07) is 5.56. The molecule has 0 radical (unpaired) electrons. The van der Waals surface area contributed by atoms with E-state index in [0.29, 0.717) is 37.5 Å². The standard InChI is InChI=1S/C33H46F5N3O5/c1-19(2)22(15-31(43)41-28-16-23(34)8-10-30(28)46-12-6-11-45-5)14-27(39)29(42)17-24(20(3)4)32(44)40-18-21-7-9-26(35)25(13-21)33(36,37)38/h7-10,13,16,19-20,22,24,27,29,42H,6,11-12,14-15,17-18,39H2,1-5H3,(H,40,44)(H,41,43)/t22-,24+,27+,29+/m1/s1. The van der Waals surface area contributed by atoms with Crippen molar-refractivity contribution in [3.63, 3.8) is 0 Å². The van der Waals surface area contributed by atoms with Crippen molar-refractivity contribution in [2.45, 2.75) is 78.2 Å². The first-order valence-corrected chi connectivity index (χ1v) is 15.3. The summed E-state index contributed by atoms with van der Waals surface area (Å²) in [5.41, 5.74) is 5.20. The minimum absolute atomic E-state index is 0.0113. The second kappa shape index (κ2) is 18.2. The van der Waals surface area contributed by atoms with Crippen LogP contribution in [0.5, 0.6) is 5.75 Å². The lowest BCUT2D eigenvalue weighted by Gasteiger charge is -2.29. The van der Waals surface area contributed by atoms with E-state index in [9.17, 15) is 36.6 Å². The fourth-order valence-corrected chi connectivity index (χ4v) is 4.99. The zero-order valence-corrected chi connectivity index (χ0v) is 26.9. The van der Waals surface area contributed by atoms with Gasteiger partial charge in [-0.15, -0.1) is 0 Å². The Balaban J connectivity index is 2.01. The maximum absolute atomic E-state index is 14.0. The smallest absolute Gasteiger partial charge is 0.419 e. The number of hydrogen-bond acceptors (Lipinski definition) is 6. The van der Waals surface area contributed by atoms with Crippen molar-refractivity contribution in [2.24, 2.45) is 29.4 Å². The highest BCUT2D eigenvalue weighted by Crippen LogP contribution is 2.32. The monoisotopic (exact) mass is 659 g/mol. The third-order valence-corrected chi connectivity index (χ3v) is 7.87. The molecule has 258 valence electrons. The first-order chi connectivity index (χ1) is 21.5. The number of ether oxygens (including phenoxy) is 2. The van der Waals surface area contributed by atoms with Gasteiger partial charge in [-0.1, -0.05) is 33.8 Å². The molecule has 2 rings (SSSR count). The number of amides is 2. The van der Waals surface area contributed by atoms with Crippen molar-refractivity contribution >= 4 is 17.5 Å². The van der Waals surface area contributed by atoms with E-state index in [1.54, 1.807) is 21.0 Å². The van der Waals surface area contributed by atoms with E-state index >= 15 is 0 Å². The minimum atomic E-state index is -4.87. The second-order valence-electron chi connectivity index (χ2n) is 12.2. The van der Waals surface area contributed by atoms with E-state index < -0.39 is 47.3 Å². The summed E-state index contributed by atoms with van der Waals surface area (Å²) < 4.78 is 77.5. The van der Waals surface area contributed by atoms with Gasteiger partial charge >= 0.3 is 6.18 Å². The molecule has 0 saturated heterocycles. The van der Waals surface area contributed by atoms with Crippen LogP contribution in [0.1, 0.15) is 64.5 Å². The largest absolute Gasteiger partial charge is 0.491 e. The lowest BCUT2D eigenvalue weighted by molar-refractivity contribution is -0.140. The molecule has 46 heavy (non-hydrogen) atoms. The molecule has 0 aliphatic heterocycles. The summed E-state index contributed by atoms with van der Waals surface area (Å²) in [6.45, 7) is 7.89. The van der Waals surface area contributed by atoms with Crippen molar-refractivity contribution < 1.29 is 46.1 Å². The van der Waals surface area contributed by atoms with Crippen LogP contribution in [-0.2, 0) is 27.0 Å². The number of rotatable bonds is 18. The zero-order chi connectivity index (χ0) is 34.6. The molecule has 0 fully saturated rings. The number of halogens is 5. The summed E-state index contributed by atoms with van der Waals surface area (Å²) in [7, 11) is 1.57. The Morgan fingerprint density at radius 1 is 0.978 bits per heavy atom. The molecule has 13 heteroatoms. The maximum atomic E-state index is 14.0.